The lowest BCUT2D eigenvalue weighted by Crippen LogP contribution is -2.16. The number of carbonyl (C=O) groups excluding carboxylic acids is 1. The van der Waals surface area contributed by atoms with Crippen molar-refractivity contribution in [2.45, 2.75) is 12.1 Å². The monoisotopic (exact) mass is 324 g/mol. The number of rotatable bonds is 4. The Hall–Kier alpha value is -1.99. The Balaban J connectivity index is 1.99. The maximum atomic E-state index is 11.9. The number of aryl methyl sites for hydroxylation is 1. The van der Waals surface area contributed by atoms with Gasteiger partial charge in [0, 0.05) is 16.8 Å². The second-order valence-electron chi connectivity index (χ2n) is 4.26. The molecule has 0 aliphatic heterocycles. The molecule has 0 radical (unpaired) electrons. The molecule has 21 heavy (non-hydrogen) atoms. The lowest BCUT2D eigenvalue weighted by molar-refractivity contribution is -0.113. The van der Waals surface area contributed by atoms with Gasteiger partial charge in [-0.3, -0.25) is 9.59 Å². The van der Waals surface area contributed by atoms with Crippen molar-refractivity contribution in [1.82, 2.24) is 9.97 Å². The van der Waals surface area contributed by atoms with E-state index in [0.717, 1.165) is 11.8 Å². The Bertz CT molecular complexity index is 732. The van der Waals surface area contributed by atoms with Gasteiger partial charge in [0.2, 0.25) is 5.91 Å². The molecule has 0 spiro atoms. The molecule has 1 amide bonds. The number of halogens is 1. The molecule has 2 aromatic rings. The van der Waals surface area contributed by atoms with Gasteiger partial charge in [0.05, 0.1) is 17.1 Å². The van der Waals surface area contributed by atoms with E-state index < -0.39 is 0 Å². The van der Waals surface area contributed by atoms with Gasteiger partial charge in [0.1, 0.15) is 0 Å². The highest BCUT2D eigenvalue weighted by atomic mass is 35.5. The predicted molar refractivity (Wildman–Crippen MR) is 84.8 cm³/mol. The summed E-state index contributed by atoms with van der Waals surface area (Å²) < 4.78 is 0. The summed E-state index contributed by atoms with van der Waals surface area (Å²) in [5, 5.41) is 3.54. The number of aromatic amines is 1. The first-order chi connectivity index (χ1) is 9.94. The quantitative estimate of drug-likeness (QED) is 0.454. The van der Waals surface area contributed by atoms with Crippen LogP contribution in [0.4, 0.5) is 11.4 Å². The molecular formula is C13H13ClN4O2S. The number of H-pyrrole nitrogens is 1. The molecule has 1 aromatic carbocycles. The molecule has 0 unspecified atom stereocenters. The summed E-state index contributed by atoms with van der Waals surface area (Å²) in [6.07, 6.45) is 0. The lowest BCUT2D eigenvalue weighted by Gasteiger charge is -2.08. The molecule has 2 rings (SSSR count). The van der Waals surface area contributed by atoms with Crippen LogP contribution >= 0.6 is 23.4 Å². The first-order valence-corrected chi connectivity index (χ1v) is 7.36. The number of aromatic nitrogens is 2. The van der Waals surface area contributed by atoms with Crippen LogP contribution in [-0.2, 0) is 4.79 Å². The number of nitrogens with two attached hydrogens (primary N) is 1. The first kappa shape index (κ1) is 15.4. The van der Waals surface area contributed by atoms with E-state index in [1.165, 1.54) is 6.07 Å². The molecule has 1 heterocycles. The minimum atomic E-state index is -0.266. The maximum Gasteiger partial charge on any atom is 0.251 e. The van der Waals surface area contributed by atoms with Crippen molar-refractivity contribution >= 4 is 40.6 Å². The molecule has 0 aliphatic carbocycles. The van der Waals surface area contributed by atoms with Gasteiger partial charge in [0.25, 0.3) is 5.56 Å². The second-order valence-corrected chi connectivity index (χ2v) is 5.66. The summed E-state index contributed by atoms with van der Waals surface area (Å²) in [5.74, 6) is -0.170. The molecule has 110 valence electrons. The van der Waals surface area contributed by atoms with Crippen molar-refractivity contribution in [1.29, 1.82) is 0 Å². The van der Waals surface area contributed by atoms with E-state index in [1.807, 2.05) is 0 Å². The van der Waals surface area contributed by atoms with Gasteiger partial charge >= 0.3 is 0 Å². The highest BCUT2D eigenvalue weighted by molar-refractivity contribution is 7.99. The number of nitrogen functional groups attached to an aromatic ring is 1. The van der Waals surface area contributed by atoms with Crippen molar-refractivity contribution in [3.05, 3.63) is 45.3 Å². The number of nitrogens with one attached hydrogen (secondary N) is 2. The average Bonchev–Trinajstić information content (AvgIpc) is 2.40. The van der Waals surface area contributed by atoms with E-state index in [2.05, 4.69) is 15.3 Å². The zero-order valence-corrected chi connectivity index (χ0v) is 12.7. The van der Waals surface area contributed by atoms with Gasteiger partial charge in [-0.05, 0) is 25.1 Å². The van der Waals surface area contributed by atoms with Crippen LogP contribution in [0.3, 0.4) is 0 Å². The Labute approximate surface area is 130 Å². The third kappa shape index (κ3) is 4.51. The van der Waals surface area contributed by atoms with Gasteiger partial charge in [-0.15, -0.1) is 0 Å². The van der Waals surface area contributed by atoms with Crippen molar-refractivity contribution in [2.75, 3.05) is 16.8 Å². The molecule has 1 aromatic heterocycles. The Kier molecular flexibility index (Phi) is 4.87. The zero-order valence-electron chi connectivity index (χ0n) is 11.1. The highest BCUT2D eigenvalue weighted by Gasteiger charge is 2.08. The van der Waals surface area contributed by atoms with Gasteiger partial charge < -0.3 is 16.0 Å². The van der Waals surface area contributed by atoms with Crippen LogP contribution in [0, 0.1) is 6.92 Å². The summed E-state index contributed by atoms with van der Waals surface area (Å²) >= 11 is 6.98. The minimum absolute atomic E-state index is 0.0956. The van der Waals surface area contributed by atoms with Crippen molar-refractivity contribution in [3.63, 3.8) is 0 Å². The number of thioether (sulfide) groups is 1. The number of hydrogen-bond donors (Lipinski definition) is 3. The SMILES string of the molecule is Cc1cc(=O)[nH]c(SCC(=O)Nc2cc(Cl)ccc2N)n1. The number of benzene rings is 1. The Morgan fingerprint density at radius 3 is 2.95 bits per heavy atom. The molecule has 6 nitrogen and oxygen atoms in total. The van der Waals surface area contributed by atoms with E-state index in [-0.39, 0.29) is 17.2 Å². The fourth-order valence-corrected chi connectivity index (χ4v) is 2.47. The largest absolute Gasteiger partial charge is 0.397 e. The average molecular weight is 325 g/mol. The van der Waals surface area contributed by atoms with Gasteiger partial charge in [-0.1, -0.05) is 23.4 Å². The maximum absolute atomic E-state index is 11.9. The zero-order chi connectivity index (χ0) is 15.4. The summed E-state index contributed by atoms with van der Waals surface area (Å²) in [5.41, 5.74) is 6.98. The second kappa shape index (κ2) is 6.64. The normalized spacial score (nSPS) is 10.4. The molecule has 0 atom stereocenters. The Morgan fingerprint density at radius 1 is 1.48 bits per heavy atom. The molecule has 0 bridgehead atoms. The molecular weight excluding hydrogens is 312 g/mol. The molecule has 4 N–H and O–H groups in total. The van der Waals surface area contributed by atoms with Gasteiger partial charge in [-0.25, -0.2) is 4.98 Å². The van der Waals surface area contributed by atoms with Crippen molar-refractivity contribution < 1.29 is 4.79 Å². The van der Waals surface area contributed by atoms with E-state index in [0.29, 0.717) is 27.2 Å². The van der Waals surface area contributed by atoms with Crippen LogP contribution in [0.1, 0.15) is 5.69 Å². The third-order valence-electron chi connectivity index (χ3n) is 2.48. The van der Waals surface area contributed by atoms with Crippen LogP contribution in [0.25, 0.3) is 0 Å². The van der Waals surface area contributed by atoms with Crippen LogP contribution in [0.15, 0.2) is 34.2 Å². The molecule has 8 heteroatoms. The third-order valence-corrected chi connectivity index (χ3v) is 3.59. The highest BCUT2D eigenvalue weighted by Crippen LogP contribution is 2.23. The summed E-state index contributed by atoms with van der Waals surface area (Å²) in [6, 6.07) is 6.22. The van der Waals surface area contributed by atoms with E-state index in [9.17, 15) is 9.59 Å². The van der Waals surface area contributed by atoms with E-state index in [4.69, 9.17) is 17.3 Å². The van der Waals surface area contributed by atoms with E-state index >= 15 is 0 Å². The fourth-order valence-electron chi connectivity index (χ4n) is 1.58. The molecule has 0 saturated heterocycles. The number of anilines is 2. The fraction of sp³-hybridized carbons (Fsp3) is 0.154. The van der Waals surface area contributed by atoms with Crippen LogP contribution in [-0.4, -0.2) is 21.6 Å². The summed E-state index contributed by atoms with van der Waals surface area (Å²) in [4.78, 5) is 29.8. The molecule has 0 fully saturated rings. The lowest BCUT2D eigenvalue weighted by atomic mass is 10.2. The number of amides is 1. The van der Waals surface area contributed by atoms with Crippen LogP contribution < -0.4 is 16.6 Å². The predicted octanol–water partition coefficient (Wildman–Crippen LogP) is 2.04. The van der Waals surface area contributed by atoms with Gasteiger partial charge in [-0.2, -0.15) is 0 Å². The van der Waals surface area contributed by atoms with Crippen LogP contribution in [0.2, 0.25) is 5.02 Å². The topological polar surface area (TPSA) is 101 Å². The van der Waals surface area contributed by atoms with E-state index in [1.54, 1.807) is 25.1 Å². The summed E-state index contributed by atoms with van der Waals surface area (Å²) in [7, 11) is 0. The molecule has 0 saturated carbocycles. The molecule has 0 aliphatic rings. The van der Waals surface area contributed by atoms with Crippen molar-refractivity contribution in [3.8, 4) is 0 Å². The smallest absolute Gasteiger partial charge is 0.251 e. The standard InChI is InChI=1S/C13H13ClN4O2S/c1-7-4-11(19)18-13(16-7)21-6-12(20)17-10-5-8(14)2-3-9(10)15/h2-5H,6,15H2,1H3,(H,17,20)(H,16,18,19). The Morgan fingerprint density at radius 2 is 2.24 bits per heavy atom. The minimum Gasteiger partial charge on any atom is -0.397 e. The first-order valence-electron chi connectivity index (χ1n) is 5.99. The summed E-state index contributed by atoms with van der Waals surface area (Å²) in [6.45, 7) is 1.71. The van der Waals surface area contributed by atoms with Crippen molar-refractivity contribution in [2.24, 2.45) is 0 Å². The van der Waals surface area contributed by atoms with Gasteiger partial charge in [0.15, 0.2) is 5.16 Å². The number of carbonyl (C=O) groups is 1. The number of nitrogens with zero attached hydrogens (tertiary/aromatic N) is 1. The number of hydrogen-bond acceptors (Lipinski definition) is 5. The van der Waals surface area contributed by atoms with Crippen LogP contribution in [0.5, 0.6) is 0 Å².